The van der Waals surface area contributed by atoms with Gasteiger partial charge in [-0.2, -0.15) is 0 Å². The van der Waals surface area contributed by atoms with Gasteiger partial charge in [-0.05, 0) is 49.4 Å². The molecular formula is C84H164O17P2. The Balaban J connectivity index is 5.21. The van der Waals surface area contributed by atoms with Gasteiger partial charge in [0.25, 0.3) is 0 Å². The third-order valence-electron chi connectivity index (χ3n) is 20.3. The van der Waals surface area contributed by atoms with E-state index in [0.717, 1.165) is 114 Å². The van der Waals surface area contributed by atoms with E-state index in [1.54, 1.807) is 0 Å². The molecule has 0 aliphatic carbocycles. The zero-order valence-electron chi connectivity index (χ0n) is 68.0. The fraction of sp³-hybridized carbons (Fsp3) is 0.952. The van der Waals surface area contributed by atoms with Crippen molar-refractivity contribution in [3.63, 3.8) is 0 Å². The molecule has 612 valence electrons. The topological polar surface area (TPSA) is 237 Å². The molecule has 0 aromatic rings. The van der Waals surface area contributed by atoms with Crippen LogP contribution in [0.5, 0.6) is 0 Å². The third-order valence-corrected chi connectivity index (χ3v) is 22.2. The average molecular weight is 1510 g/mol. The van der Waals surface area contributed by atoms with Gasteiger partial charge in [0.2, 0.25) is 0 Å². The molecule has 0 bridgehead atoms. The van der Waals surface area contributed by atoms with Gasteiger partial charge in [0.15, 0.2) is 12.2 Å². The van der Waals surface area contributed by atoms with E-state index in [1.807, 2.05) is 0 Å². The lowest BCUT2D eigenvalue weighted by molar-refractivity contribution is -0.161. The average Bonchev–Trinajstić information content (AvgIpc) is 0.944. The van der Waals surface area contributed by atoms with E-state index in [9.17, 15) is 43.2 Å². The molecule has 7 atom stereocenters. The Hall–Kier alpha value is -1.94. The summed E-state index contributed by atoms with van der Waals surface area (Å²) in [6.45, 7) is 14.3. The Morgan fingerprint density at radius 1 is 0.272 bits per heavy atom. The van der Waals surface area contributed by atoms with Gasteiger partial charge in [-0.25, -0.2) is 9.13 Å². The number of esters is 4. The molecular weight excluding hydrogens is 1340 g/mol. The van der Waals surface area contributed by atoms with Crippen LogP contribution >= 0.6 is 15.6 Å². The zero-order valence-corrected chi connectivity index (χ0v) is 69.7. The smallest absolute Gasteiger partial charge is 0.462 e. The summed E-state index contributed by atoms with van der Waals surface area (Å²) in [4.78, 5) is 73.1. The van der Waals surface area contributed by atoms with Crippen molar-refractivity contribution >= 4 is 39.5 Å². The van der Waals surface area contributed by atoms with Gasteiger partial charge in [0.1, 0.15) is 19.3 Å². The Kier molecular flexibility index (Phi) is 71.5. The van der Waals surface area contributed by atoms with Crippen LogP contribution in [0.4, 0.5) is 0 Å². The molecule has 0 aromatic carbocycles. The lowest BCUT2D eigenvalue weighted by Gasteiger charge is -2.21. The minimum Gasteiger partial charge on any atom is -0.462 e. The largest absolute Gasteiger partial charge is 0.472 e. The first-order valence-electron chi connectivity index (χ1n) is 43.3. The maximum Gasteiger partial charge on any atom is 0.472 e. The summed E-state index contributed by atoms with van der Waals surface area (Å²) < 4.78 is 68.8. The third kappa shape index (κ3) is 75.3. The number of aliphatic hydroxyl groups is 1. The molecule has 17 nitrogen and oxygen atoms in total. The molecule has 0 aliphatic rings. The highest BCUT2D eigenvalue weighted by Gasteiger charge is 2.30. The highest BCUT2D eigenvalue weighted by atomic mass is 31.2. The molecule has 0 radical (unpaired) electrons. The van der Waals surface area contributed by atoms with Gasteiger partial charge >= 0.3 is 39.5 Å². The first kappa shape index (κ1) is 101. The van der Waals surface area contributed by atoms with Crippen LogP contribution in [0, 0.1) is 23.7 Å². The summed E-state index contributed by atoms with van der Waals surface area (Å²) in [5.41, 5.74) is 0. The van der Waals surface area contributed by atoms with Crippen molar-refractivity contribution in [3.8, 4) is 0 Å². The number of hydrogen-bond donors (Lipinski definition) is 3. The van der Waals surface area contributed by atoms with Crippen molar-refractivity contribution < 1.29 is 80.2 Å². The Bertz CT molecular complexity index is 2010. The van der Waals surface area contributed by atoms with E-state index >= 15 is 0 Å². The second-order valence-electron chi connectivity index (χ2n) is 31.7. The summed E-state index contributed by atoms with van der Waals surface area (Å²) in [5.74, 6) is 1.04. The number of carbonyl (C=O) groups excluding carboxylic acids is 4. The fourth-order valence-corrected chi connectivity index (χ4v) is 14.5. The number of aliphatic hydroxyl groups excluding tert-OH is 1. The Morgan fingerprint density at radius 2 is 0.466 bits per heavy atom. The highest BCUT2D eigenvalue weighted by molar-refractivity contribution is 7.47. The molecule has 0 amide bonds. The summed E-state index contributed by atoms with van der Waals surface area (Å²) in [5, 5.41) is 10.7. The molecule has 0 fully saturated rings. The second-order valence-corrected chi connectivity index (χ2v) is 34.6. The van der Waals surface area contributed by atoms with Crippen molar-refractivity contribution in [3.05, 3.63) is 0 Å². The van der Waals surface area contributed by atoms with Gasteiger partial charge in [-0.15, -0.1) is 0 Å². The van der Waals surface area contributed by atoms with Crippen molar-refractivity contribution in [1.82, 2.24) is 0 Å². The molecule has 0 saturated carbocycles. The van der Waals surface area contributed by atoms with Crippen LogP contribution < -0.4 is 0 Å². The first-order chi connectivity index (χ1) is 49.7. The SMILES string of the molecule is CCC(C)CCCCCCCCCCCCCCCCCCCCC(=O)OC[C@H](COP(=O)(O)OCC(O)COP(=O)(O)OC[C@@H](COC(=O)CCCCCCCCCC(C)C)OC(=O)CCCCCCCCCCC(C)CC)OC(=O)CCCCCCCCCCCCCCCCCCC(C)C. The van der Waals surface area contributed by atoms with Crippen molar-refractivity contribution in [1.29, 1.82) is 0 Å². The predicted octanol–water partition coefficient (Wildman–Crippen LogP) is 25.2. The molecule has 0 saturated heterocycles. The summed E-state index contributed by atoms with van der Waals surface area (Å²) in [7, 11) is -9.92. The van der Waals surface area contributed by atoms with E-state index in [1.165, 1.54) is 231 Å². The number of carbonyl (C=O) groups is 4. The van der Waals surface area contributed by atoms with Crippen LogP contribution in [0.3, 0.4) is 0 Å². The number of rotatable bonds is 81. The van der Waals surface area contributed by atoms with Gasteiger partial charge in [-0.3, -0.25) is 37.3 Å². The van der Waals surface area contributed by atoms with E-state index < -0.39 is 97.5 Å². The van der Waals surface area contributed by atoms with E-state index in [4.69, 9.17) is 37.0 Å². The van der Waals surface area contributed by atoms with Crippen LogP contribution in [0.25, 0.3) is 0 Å². The molecule has 0 rings (SSSR count). The molecule has 103 heavy (non-hydrogen) atoms. The molecule has 5 unspecified atom stereocenters. The number of unbranched alkanes of at least 4 members (excludes halogenated alkanes) is 45. The quantitative estimate of drug-likeness (QED) is 0.0222. The van der Waals surface area contributed by atoms with Crippen LogP contribution in [0.1, 0.15) is 434 Å². The number of hydrogen-bond acceptors (Lipinski definition) is 15. The summed E-state index contributed by atoms with van der Waals surface area (Å²) in [6, 6.07) is 0. The predicted molar refractivity (Wildman–Crippen MR) is 423 cm³/mol. The van der Waals surface area contributed by atoms with Crippen LogP contribution in [-0.2, 0) is 65.4 Å². The zero-order chi connectivity index (χ0) is 76.0. The van der Waals surface area contributed by atoms with E-state index in [-0.39, 0.29) is 25.7 Å². The fourth-order valence-electron chi connectivity index (χ4n) is 12.9. The minimum atomic E-state index is -4.97. The molecule has 0 aliphatic heterocycles. The van der Waals surface area contributed by atoms with Gasteiger partial charge in [0, 0.05) is 25.7 Å². The summed E-state index contributed by atoms with van der Waals surface area (Å²) >= 11 is 0. The van der Waals surface area contributed by atoms with Crippen molar-refractivity contribution in [2.75, 3.05) is 39.6 Å². The molecule has 19 heteroatoms. The maximum atomic E-state index is 13.1. The van der Waals surface area contributed by atoms with E-state index in [2.05, 4.69) is 55.4 Å². The van der Waals surface area contributed by atoms with Crippen LogP contribution in [-0.4, -0.2) is 96.7 Å². The molecule has 0 spiro atoms. The molecule has 0 aromatic heterocycles. The van der Waals surface area contributed by atoms with Crippen LogP contribution in [0.2, 0.25) is 0 Å². The van der Waals surface area contributed by atoms with Crippen LogP contribution in [0.15, 0.2) is 0 Å². The maximum absolute atomic E-state index is 13.1. The van der Waals surface area contributed by atoms with Gasteiger partial charge in [-0.1, -0.05) is 383 Å². The van der Waals surface area contributed by atoms with E-state index in [0.29, 0.717) is 31.6 Å². The standard InChI is InChI=1S/C84H164O17P2/c1-9-76(7)62-54-46-38-30-26-22-18-13-11-12-14-19-23-27-31-40-48-56-64-81(86)94-70-79(100-83(88)66-58-50-41-32-28-24-20-16-15-17-21-25-29-36-44-52-60-74(3)4)72-98-102(90,91)96-68-78(85)69-97-103(92,93)99-73-80(71-95-82(87)65-57-49-43-35-37-45-53-61-75(5)6)101-84(89)67-59-51-42-34-33-39-47-55-63-77(8)10-2/h74-80,85H,9-73H2,1-8H3,(H,90,91)(H,92,93)/t76?,77?,78?,79-,80-/m1/s1. The number of phosphoric acid groups is 2. The molecule has 0 heterocycles. The normalized spacial score (nSPS) is 14.5. The first-order valence-corrected chi connectivity index (χ1v) is 46.3. The van der Waals surface area contributed by atoms with Gasteiger partial charge < -0.3 is 33.8 Å². The highest BCUT2D eigenvalue weighted by Crippen LogP contribution is 2.45. The monoisotopic (exact) mass is 1510 g/mol. The van der Waals surface area contributed by atoms with Gasteiger partial charge in [0.05, 0.1) is 26.4 Å². The minimum absolute atomic E-state index is 0.104. The van der Waals surface area contributed by atoms with Crippen molar-refractivity contribution in [2.24, 2.45) is 23.7 Å². The Labute approximate surface area is 632 Å². The lowest BCUT2D eigenvalue weighted by Crippen LogP contribution is -2.30. The molecule has 3 N–H and O–H groups in total. The number of phosphoric ester groups is 2. The second kappa shape index (κ2) is 72.9. The number of ether oxygens (including phenoxy) is 4. The van der Waals surface area contributed by atoms with Crippen molar-refractivity contribution in [2.45, 2.75) is 453 Å². The summed E-state index contributed by atoms with van der Waals surface area (Å²) in [6.07, 6.45) is 61.2. The lowest BCUT2D eigenvalue weighted by atomic mass is 9.99. The Morgan fingerprint density at radius 3 is 0.689 bits per heavy atom.